The van der Waals surface area contributed by atoms with Crippen LogP contribution in [-0.2, 0) is 0 Å². The molecule has 0 saturated carbocycles. The zero-order valence-corrected chi connectivity index (χ0v) is 16.9. The Kier molecular flexibility index (Phi) is 4.39. The number of likely N-dealkylation sites (tertiary alicyclic amines) is 1. The van der Waals surface area contributed by atoms with Gasteiger partial charge in [-0.2, -0.15) is 0 Å². The van der Waals surface area contributed by atoms with Crippen LogP contribution in [0.5, 0.6) is 0 Å². The number of hydrogen-bond donors (Lipinski definition) is 0. The molecule has 142 valence electrons. The number of hydrogen-bond acceptors (Lipinski definition) is 4. The molecular weight excluding hydrogens is 420 g/mol. The fourth-order valence-electron chi connectivity index (χ4n) is 3.84. The van der Waals surface area contributed by atoms with Crippen LogP contribution >= 0.6 is 15.9 Å². The topological polar surface area (TPSA) is 63.6 Å². The molecule has 28 heavy (non-hydrogen) atoms. The van der Waals surface area contributed by atoms with E-state index in [1.807, 2.05) is 39.8 Å². The Morgan fingerprint density at radius 2 is 1.89 bits per heavy atom. The van der Waals surface area contributed by atoms with Crippen LogP contribution in [-0.4, -0.2) is 38.4 Å². The minimum absolute atomic E-state index is 0.0699. The Bertz CT molecular complexity index is 1170. The predicted molar refractivity (Wildman–Crippen MR) is 110 cm³/mol. The lowest BCUT2D eigenvalue weighted by Crippen LogP contribution is -2.31. The Labute approximate surface area is 170 Å². The molecule has 0 N–H and O–H groups in total. The van der Waals surface area contributed by atoms with Crippen molar-refractivity contribution in [3.8, 4) is 11.4 Å². The number of rotatable bonds is 2. The van der Waals surface area contributed by atoms with Crippen molar-refractivity contribution in [1.82, 2.24) is 19.4 Å². The molecule has 1 amide bonds. The molecule has 1 fully saturated rings. The van der Waals surface area contributed by atoms with E-state index in [1.165, 1.54) is 12.8 Å². The third-order valence-corrected chi connectivity index (χ3v) is 5.79. The van der Waals surface area contributed by atoms with Crippen LogP contribution < -0.4 is 0 Å². The monoisotopic (exact) mass is 438 g/mol. The van der Waals surface area contributed by atoms with Crippen molar-refractivity contribution in [3.63, 3.8) is 0 Å². The summed E-state index contributed by atoms with van der Waals surface area (Å²) < 4.78 is 8.51. The van der Waals surface area contributed by atoms with Gasteiger partial charge in [-0.1, -0.05) is 18.0 Å². The molecule has 1 saturated heterocycles. The number of carbonyl (C=O) groups is 1. The largest absolute Gasteiger partial charge is 0.356 e. The third-order valence-electron chi connectivity index (χ3n) is 5.32. The van der Waals surface area contributed by atoms with E-state index >= 15 is 0 Å². The summed E-state index contributed by atoms with van der Waals surface area (Å²) in [7, 11) is 0. The molecule has 4 heterocycles. The van der Waals surface area contributed by atoms with Gasteiger partial charge in [0.1, 0.15) is 11.3 Å². The van der Waals surface area contributed by atoms with E-state index in [4.69, 9.17) is 4.52 Å². The minimum atomic E-state index is 0.0699. The van der Waals surface area contributed by atoms with Gasteiger partial charge in [0.2, 0.25) is 0 Å². The molecule has 6 nitrogen and oxygen atoms in total. The molecule has 3 aromatic heterocycles. The second-order valence-corrected chi connectivity index (χ2v) is 8.08. The van der Waals surface area contributed by atoms with Gasteiger partial charge in [-0.3, -0.25) is 9.20 Å². The molecule has 1 aromatic carbocycles. The summed E-state index contributed by atoms with van der Waals surface area (Å²) in [6.07, 6.45) is 8.28. The molecule has 0 bridgehead atoms. The Morgan fingerprint density at radius 1 is 1.07 bits per heavy atom. The highest BCUT2D eigenvalue weighted by molar-refractivity contribution is 9.10. The highest BCUT2D eigenvalue weighted by atomic mass is 79.9. The number of halogens is 1. The van der Waals surface area contributed by atoms with Crippen molar-refractivity contribution in [1.29, 1.82) is 0 Å². The average molecular weight is 439 g/mol. The third kappa shape index (κ3) is 2.99. The number of carbonyl (C=O) groups excluding carboxylic acids is 1. The maximum Gasteiger partial charge on any atom is 0.253 e. The van der Waals surface area contributed by atoms with E-state index in [0.29, 0.717) is 11.1 Å². The summed E-state index contributed by atoms with van der Waals surface area (Å²) in [4.78, 5) is 19.3. The fourth-order valence-corrected chi connectivity index (χ4v) is 4.18. The highest BCUT2D eigenvalue weighted by Crippen LogP contribution is 2.30. The second-order valence-electron chi connectivity index (χ2n) is 7.17. The number of aromatic nitrogens is 3. The Balaban J connectivity index is 1.53. The van der Waals surface area contributed by atoms with Crippen molar-refractivity contribution >= 4 is 38.5 Å². The Morgan fingerprint density at radius 3 is 2.71 bits per heavy atom. The summed E-state index contributed by atoms with van der Waals surface area (Å²) in [6, 6.07) is 9.48. The van der Waals surface area contributed by atoms with Crippen LogP contribution in [0.4, 0.5) is 0 Å². The van der Waals surface area contributed by atoms with Crippen molar-refractivity contribution < 1.29 is 9.32 Å². The summed E-state index contributed by atoms with van der Waals surface area (Å²) in [5.74, 6) is 0.0699. The molecular formula is C21H19BrN4O2. The normalized spacial score (nSPS) is 15.2. The first kappa shape index (κ1) is 17.4. The van der Waals surface area contributed by atoms with Crippen LogP contribution in [0.15, 0.2) is 51.7 Å². The van der Waals surface area contributed by atoms with E-state index < -0.39 is 0 Å². The number of benzene rings is 1. The number of amides is 1. The molecule has 1 aliphatic heterocycles. The molecule has 5 rings (SSSR count). The number of fused-ring (bicyclic) bond motifs is 2. The van der Waals surface area contributed by atoms with Gasteiger partial charge in [-0.15, -0.1) is 0 Å². The van der Waals surface area contributed by atoms with E-state index in [1.54, 1.807) is 12.3 Å². The quantitative estimate of drug-likeness (QED) is 0.445. The Hall–Kier alpha value is -2.67. The number of imidazole rings is 1. The van der Waals surface area contributed by atoms with Crippen molar-refractivity contribution in [3.05, 3.63) is 52.8 Å². The van der Waals surface area contributed by atoms with E-state index in [-0.39, 0.29) is 5.91 Å². The lowest BCUT2D eigenvalue weighted by molar-refractivity contribution is 0.0761. The van der Waals surface area contributed by atoms with E-state index in [9.17, 15) is 4.79 Å². The minimum Gasteiger partial charge on any atom is -0.356 e. The van der Waals surface area contributed by atoms with Crippen LogP contribution in [0.1, 0.15) is 36.0 Å². The molecule has 0 atom stereocenters. The van der Waals surface area contributed by atoms with Crippen molar-refractivity contribution in [2.45, 2.75) is 25.7 Å². The summed E-state index contributed by atoms with van der Waals surface area (Å²) in [5.41, 5.74) is 3.66. The fraction of sp³-hybridized carbons (Fsp3) is 0.286. The van der Waals surface area contributed by atoms with Gasteiger partial charge in [0.25, 0.3) is 5.91 Å². The maximum absolute atomic E-state index is 12.9. The molecule has 4 aromatic rings. The smallest absolute Gasteiger partial charge is 0.253 e. The van der Waals surface area contributed by atoms with E-state index in [0.717, 1.165) is 52.8 Å². The van der Waals surface area contributed by atoms with Crippen LogP contribution in [0, 0.1) is 0 Å². The molecule has 1 aliphatic rings. The molecule has 7 heteroatoms. The molecule has 0 radical (unpaired) electrons. The van der Waals surface area contributed by atoms with Gasteiger partial charge in [0, 0.05) is 29.3 Å². The van der Waals surface area contributed by atoms with Crippen LogP contribution in [0.25, 0.3) is 28.0 Å². The zero-order chi connectivity index (χ0) is 19.1. The zero-order valence-electron chi connectivity index (χ0n) is 15.3. The number of pyridine rings is 1. The van der Waals surface area contributed by atoms with Gasteiger partial charge in [-0.25, -0.2) is 4.98 Å². The highest BCUT2D eigenvalue weighted by Gasteiger charge is 2.20. The summed E-state index contributed by atoms with van der Waals surface area (Å²) in [5, 5.41) is 5.14. The lowest BCUT2D eigenvalue weighted by atomic mass is 10.1. The van der Waals surface area contributed by atoms with Gasteiger partial charge >= 0.3 is 0 Å². The van der Waals surface area contributed by atoms with Crippen molar-refractivity contribution in [2.75, 3.05) is 13.1 Å². The predicted octanol–water partition coefficient (Wildman–Crippen LogP) is 4.92. The maximum atomic E-state index is 12.9. The first-order valence-corrected chi connectivity index (χ1v) is 10.3. The van der Waals surface area contributed by atoms with Gasteiger partial charge in [0.05, 0.1) is 17.3 Å². The standard InChI is InChI=1S/C21H19BrN4O2/c22-15-6-8-19-23-12-17(26(19)13-15)20-16-7-5-14(11-18(16)28-24-20)21(27)25-9-3-1-2-4-10-25/h5-8,11-13H,1-4,9-10H2. The first-order valence-electron chi connectivity index (χ1n) is 9.52. The van der Waals surface area contributed by atoms with Gasteiger partial charge < -0.3 is 9.42 Å². The molecule has 0 unspecified atom stereocenters. The average Bonchev–Trinajstić information content (AvgIpc) is 3.20. The van der Waals surface area contributed by atoms with Crippen LogP contribution in [0.2, 0.25) is 0 Å². The molecule has 0 aliphatic carbocycles. The van der Waals surface area contributed by atoms with E-state index in [2.05, 4.69) is 26.1 Å². The van der Waals surface area contributed by atoms with Crippen LogP contribution in [0.3, 0.4) is 0 Å². The second kappa shape index (κ2) is 7.05. The first-order chi connectivity index (χ1) is 13.7. The van der Waals surface area contributed by atoms with Crippen molar-refractivity contribution in [2.24, 2.45) is 0 Å². The van der Waals surface area contributed by atoms with Gasteiger partial charge in [0.15, 0.2) is 5.58 Å². The lowest BCUT2D eigenvalue weighted by Gasteiger charge is -2.20. The summed E-state index contributed by atoms with van der Waals surface area (Å²) >= 11 is 3.50. The number of nitrogens with zero attached hydrogens (tertiary/aromatic N) is 4. The SMILES string of the molecule is O=C(c1ccc2c(-c3cnc4ccc(Br)cn34)noc2c1)N1CCCCCC1. The molecule has 0 spiro atoms. The summed E-state index contributed by atoms with van der Waals surface area (Å²) in [6.45, 7) is 1.66. The van der Waals surface area contributed by atoms with Gasteiger partial charge in [-0.05, 0) is 59.1 Å².